The van der Waals surface area contributed by atoms with Crippen LogP contribution in [0.25, 0.3) is 0 Å². The predicted molar refractivity (Wildman–Crippen MR) is 107 cm³/mol. The van der Waals surface area contributed by atoms with Crippen molar-refractivity contribution in [2.75, 3.05) is 18.4 Å². The second kappa shape index (κ2) is 8.95. The molecule has 0 radical (unpaired) electrons. The minimum atomic E-state index is -3.42. The number of aryl methyl sites for hydroxylation is 2. The van der Waals surface area contributed by atoms with Crippen LogP contribution in [0.15, 0.2) is 35.4 Å². The maximum Gasteiger partial charge on any atom is 0.243 e. The summed E-state index contributed by atoms with van der Waals surface area (Å²) < 4.78 is 27.2. The first kappa shape index (κ1) is 20.0. The van der Waals surface area contributed by atoms with Crippen molar-refractivity contribution >= 4 is 32.4 Å². The van der Waals surface area contributed by atoms with Crippen molar-refractivity contribution < 1.29 is 13.2 Å². The molecule has 146 valence electrons. The highest BCUT2D eigenvalue weighted by Gasteiger charge is 2.24. The SMILES string of the molecule is Cc1cnc(NC(=O)CCc2ccc(S(=O)(=O)N3CCCCCC3)cc2)s1. The van der Waals surface area contributed by atoms with E-state index in [2.05, 4.69) is 10.3 Å². The lowest BCUT2D eigenvalue weighted by atomic mass is 10.1. The van der Waals surface area contributed by atoms with Gasteiger partial charge in [-0.1, -0.05) is 25.0 Å². The minimum Gasteiger partial charge on any atom is -0.302 e. The summed E-state index contributed by atoms with van der Waals surface area (Å²) in [4.78, 5) is 17.5. The van der Waals surface area contributed by atoms with Gasteiger partial charge in [-0.3, -0.25) is 4.79 Å². The Labute approximate surface area is 164 Å². The Morgan fingerprint density at radius 1 is 1.15 bits per heavy atom. The standard InChI is InChI=1S/C19H25N3O3S2/c1-15-14-20-19(26-15)21-18(23)11-8-16-6-9-17(10-7-16)27(24,25)22-12-4-2-3-5-13-22/h6-7,9-10,14H,2-5,8,11-13H2,1H3,(H,20,21,23). The summed E-state index contributed by atoms with van der Waals surface area (Å²) in [5.74, 6) is -0.0920. The van der Waals surface area contributed by atoms with Gasteiger partial charge in [0.2, 0.25) is 15.9 Å². The Balaban J connectivity index is 1.57. The summed E-state index contributed by atoms with van der Waals surface area (Å²) in [7, 11) is -3.42. The fourth-order valence-corrected chi connectivity index (χ4v) is 5.31. The summed E-state index contributed by atoms with van der Waals surface area (Å²) in [6, 6.07) is 6.90. The Kier molecular flexibility index (Phi) is 6.62. The van der Waals surface area contributed by atoms with Gasteiger partial charge in [0.15, 0.2) is 5.13 Å². The monoisotopic (exact) mass is 407 g/mol. The molecule has 0 bridgehead atoms. The number of anilines is 1. The number of nitrogens with one attached hydrogen (secondary N) is 1. The fraction of sp³-hybridized carbons (Fsp3) is 0.474. The molecule has 27 heavy (non-hydrogen) atoms. The number of aromatic nitrogens is 1. The van der Waals surface area contributed by atoms with E-state index in [1.165, 1.54) is 11.3 Å². The molecule has 0 spiro atoms. The summed E-state index contributed by atoms with van der Waals surface area (Å²) in [6.45, 7) is 3.13. The molecule has 1 aliphatic rings. The van der Waals surface area contributed by atoms with Gasteiger partial charge in [-0.25, -0.2) is 13.4 Å². The van der Waals surface area contributed by atoms with Gasteiger partial charge in [0.05, 0.1) is 4.90 Å². The van der Waals surface area contributed by atoms with E-state index in [9.17, 15) is 13.2 Å². The molecule has 2 aromatic rings. The Hall–Kier alpha value is -1.77. The van der Waals surface area contributed by atoms with Gasteiger partial charge in [0.25, 0.3) is 0 Å². The molecule has 0 unspecified atom stereocenters. The molecule has 2 heterocycles. The number of benzene rings is 1. The van der Waals surface area contributed by atoms with Gasteiger partial charge in [0.1, 0.15) is 0 Å². The van der Waals surface area contributed by atoms with Gasteiger partial charge in [-0.15, -0.1) is 11.3 Å². The lowest BCUT2D eigenvalue weighted by Gasteiger charge is -2.20. The van der Waals surface area contributed by atoms with Crippen molar-refractivity contribution in [2.45, 2.75) is 50.3 Å². The number of thiazole rings is 1. The average molecular weight is 408 g/mol. The van der Waals surface area contributed by atoms with Crippen molar-refractivity contribution in [3.8, 4) is 0 Å². The third-order valence-corrected chi connectivity index (χ3v) is 7.38. The summed E-state index contributed by atoms with van der Waals surface area (Å²) in [5, 5.41) is 3.39. The molecule has 0 atom stereocenters. The van der Waals surface area contributed by atoms with Crippen LogP contribution in [-0.2, 0) is 21.2 Å². The molecule has 1 aliphatic heterocycles. The van der Waals surface area contributed by atoms with Crippen LogP contribution in [0, 0.1) is 6.92 Å². The van der Waals surface area contributed by atoms with Gasteiger partial charge >= 0.3 is 0 Å². The number of sulfonamides is 1. The normalized spacial score (nSPS) is 16.0. The maximum absolute atomic E-state index is 12.8. The third kappa shape index (κ3) is 5.37. The number of carbonyl (C=O) groups is 1. The minimum absolute atomic E-state index is 0.0920. The zero-order valence-electron chi connectivity index (χ0n) is 15.5. The highest BCUT2D eigenvalue weighted by atomic mass is 32.2. The molecule has 6 nitrogen and oxygen atoms in total. The maximum atomic E-state index is 12.8. The van der Waals surface area contributed by atoms with Gasteiger partial charge in [-0.05, 0) is 43.9 Å². The van der Waals surface area contributed by atoms with Gasteiger partial charge in [0, 0.05) is 30.6 Å². The second-order valence-electron chi connectivity index (χ2n) is 6.79. The molecule has 8 heteroatoms. The molecule has 1 N–H and O–H groups in total. The predicted octanol–water partition coefficient (Wildman–Crippen LogP) is 3.59. The fourth-order valence-electron chi connectivity index (χ4n) is 3.11. The Bertz CT molecular complexity index is 868. The molecule has 0 saturated carbocycles. The largest absolute Gasteiger partial charge is 0.302 e. The number of rotatable bonds is 6. The first-order valence-electron chi connectivity index (χ1n) is 9.26. The van der Waals surface area contributed by atoms with Crippen LogP contribution >= 0.6 is 11.3 Å². The number of hydrogen-bond acceptors (Lipinski definition) is 5. The number of amides is 1. The highest BCUT2D eigenvalue weighted by Crippen LogP contribution is 2.21. The van der Waals surface area contributed by atoms with Crippen LogP contribution in [0.3, 0.4) is 0 Å². The van der Waals surface area contributed by atoms with Crippen molar-refractivity contribution in [3.63, 3.8) is 0 Å². The van der Waals surface area contributed by atoms with E-state index in [4.69, 9.17) is 0 Å². The van der Waals surface area contributed by atoms with Crippen LogP contribution in [0.4, 0.5) is 5.13 Å². The third-order valence-electron chi connectivity index (χ3n) is 4.63. The van der Waals surface area contributed by atoms with E-state index in [0.717, 1.165) is 36.1 Å². The molecule has 1 aromatic carbocycles. The van der Waals surface area contributed by atoms with E-state index < -0.39 is 10.0 Å². The van der Waals surface area contributed by atoms with Crippen molar-refractivity contribution in [1.29, 1.82) is 0 Å². The van der Waals surface area contributed by atoms with Crippen LogP contribution in [0.2, 0.25) is 0 Å². The van der Waals surface area contributed by atoms with Crippen LogP contribution in [0.1, 0.15) is 42.5 Å². The molecule has 0 aliphatic carbocycles. The zero-order chi connectivity index (χ0) is 19.3. The van der Waals surface area contributed by atoms with Crippen molar-refractivity contribution in [2.24, 2.45) is 0 Å². The molecular formula is C19H25N3O3S2. The molecule has 1 amide bonds. The summed E-state index contributed by atoms with van der Waals surface area (Å²) in [5.41, 5.74) is 0.940. The zero-order valence-corrected chi connectivity index (χ0v) is 17.1. The van der Waals surface area contributed by atoms with E-state index >= 15 is 0 Å². The molecule has 1 fully saturated rings. The molecule has 1 saturated heterocycles. The van der Waals surface area contributed by atoms with Crippen LogP contribution in [0.5, 0.6) is 0 Å². The van der Waals surface area contributed by atoms with Crippen LogP contribution < -0.4 is 5.32 Å². The van der Waals surface area contributed by atoms with E-state index in [1.54, 1.807) is 34.8 Å². The molecule has 3 rings (SSSR count). The molecule has 1 aromatic heterocycles. The van der Waals surface area contributed by atoms with Crippen LogP contribution in [-0.4, -0.2) is 36.7 Å². The smallest absolute Gasteiger partial charge is 0.243 e. The average Bonchev–Trinajstić information content (AvgIpc) is 2.88. The number of hydrogen-bond donors (Lipinski definition) is 1. The molecular weight excluding hydrogens is 382 g/mol. The Morgan fingerprint density at radius 3 is 2.41 bits per heavy atom. The highest BCUT2D eigenvalue weighted by molar-refractivity contribution is 7.89. The first-order chi connectivity index (χ1) is 12.9. The van der Waals surface area contributed by atoms with Gasteiger partial charge in [-0.2, -0.15) is 4.31 Å². The first-order valence-corrected chi connectivity index (χ1v) is 11.5. The topological polar surface area (TPSA) is 79.4 Å². The lowest BCUT2D eigenvalue weighted by molar-refractivity contribution is -0.116. The lowest BCUT2D eigenvalue weighted by Crippen LogP contribution is -2.31. The van der Waals surface area contributed by atoms with Crippen molar-refractivity contribution in [1.82, 2.24) is 9.29 Å². The van der Waals surface area contributed by atoms with E-state index in [1.807, 2.05) is 6.92 Å². The second-order valence-corrected chi connectivity index (χ2v) is 9.96. The quantitative estimate of drug-likeness (QED) is 0.794. The number of nitrogens with zero attached hydrogens (tertiary/aromatic N) is 2. The summed E-state index contributed by atoms with van der Waals surface area (Å²) in [6.07, 6.45) is 6.64. The van der Waals surface area contributed by atoms with Crippen molar-refractivity contribution in [3.05, 3.63) is 40.9 Å². The van der Waals surface area contributed by atoms with E-state index in [0.29, 0.717) is 36.0 Å². The number of carbonyl (C=O) groups excluding carboxylic acids is 1. The van der Waals surface area contributed by atoms with E-state index in [-0.39, 0.29) is 5.91 Å². The van der Waals surface area contributed by atoms with Gasteiger partial charge < -0.3 is 5.32 Å². The Morgan fingerprint density at radius 2 is 1.81 bits per heavy atom. The summed E-state index contributed by atoms with van der Waals surface area (Å²) >= 11 is 1.44.